The van der Waals surface area contributed by atoms with Crippen molar-refractivity contribution >= 4 is 11.8 Å². The van der Waals surface area contributed by atoms with Gasteiger partial charge in [0.15, 0.2) is 0 Å². The van der Waals surface area contributed by atoms with Gasteiger partial charge in [0.2, 0.25) is 0 Å². The molecule has 0 aliphatic heterocycles. The Bertz CT molecular complexity index is 330. The van der Waals surface area contributed by atoms with Crippen molar-refractivity contribution in [2.75, 3.05) is 19.9 Å². The van der Waals surface area contributed by atoms with Crippen molar-refractivity contribution in [3.8, 4) is 5.75 Å². The van der Waals surface area contributed by atoms with Crippen molar-refractivity contribution in [3.05, 3.63) is 29.8 Å². The molecule has 1 N–H and O–H groups in total. The Hall–Kier alpha value is -0.670. The Kier molecular flexibility index (Phi) is 6.45. The molecule has 0 aliphatic rings. The molecule has 2 unspecified atom stereocenters. The van der Waals surface area contributed by atoms with Crippen LogP contribution in [0, 0.1) is 0 Å². The third-order valence-corrected chi connectivity index (χ3v) is 4.40. The molecule has 0 radical (unpaired) electrons. The molecule has 0 heterocycles. The van der Waals surface area contributed by atoms with E-state index in [0.29, 0.717) is 6.04 Å². The molecular formula is C14H23NOS. The number of rotatable bonds is 7. The maximum absolute atomic E-state index is 5.26. The second-order valence-electron chi connectivity index (χ2n) is 4.17. The Morgan fingerprint density at radius 3 is 2.76 bits per heavy atom. The van der Waals surface area contributed by atoms with E-state index in [9.17, 15) is 0 Å². The summed E-state index contributed by atoms with van der Waals surface area (Å²) >= 11 is 2.01. The van der Waals surface area contributed by atoms with Crippen molar-refractivity contribution in [3.63, 3.8) is 0 Å². The summed E-state index contributed by atoms with van der Waals surface area (Å²) in [5.41, 5.74) is 1.29. The minimum absolute atomic E-state index is 0.393. The van der Waals surface area contributed by atoms with E-state index in [1.165, 1.54) is 12.0 Å². The number of ether oxygens (including phenoxy) is 1. The Morgan fingerprint density at radius 1 is 1.41 bits per heavy atom. The quantitative estimate of drug-likeness (QED) is 0.804. The van der Waals surface area contributed by atoms with Crippen LogP contribution in [0.3, 0.4) is 0 Å². The van der Waals surface area contributed by atoms with Gasteiger partial charge in [-0.1, -0.05) is 26.0 Å². The van der Waals surface area contributed by atoms with E-state index in [1.54, 1.807) is 7.11 Å². The lowest BCUT2D eigenvalue weighted by Gasteiger charge is -2.19. The highest BCUT2D eigenvalue weighted by Crippen LogP contribution is 2.24. The summed E-state index contributed by atoms with van der Waals surface area (Å²) in [4.78, 5) is 0. The standard InChI is InChI=1S/C14H23NOS/c1-5-11(2)17-10-14(15-3)12-7-6-8-13(9-12)16-4/h6-9,11,14-15H,5,10H2,1-4H3. The zero-order valence-electron chi connectivity index (χ0n) is 11.2. The number of benzene rings is 1. The highest BCUT2D eigenvalue weighted by Gasteiger charge is 2.11. The zero-order valence-corrected chi connectivity index (χ0v) is 12.0. The van der Waals surface area contributed by atoms with Gasteiger partial charge >= 0.3 is 0 Å². The molecule has 0 saturated carbocycles. The predicted octanol–water partition coefficient (Wildman–Crippen LogP) is 3.49. The van der Waals surface area contributed by atoms with Gasteiger partial charge in [-0.2, -0.15) is 11.8 Å². The second-order valence-corrected chi connectivity index (χ2v) is 5.64. The van der Waals surface area contributed by atoms with E-state index < -0.39 is 0 Å². The molecule has 0 spiro atoms. The van der Waals surface area contributed by atoms with Crippen molar-refractivity contribution in [2.24, 2.45) is 0 Å². The van der Waals surface area contributed by atoms with Crippen molar-refractivity contribution in [1.29, 1.82) is 0 Å². The van der Waals surface area contributed by atoms with Gasteiger partial charge < -0.3 is 10.1 Å². The topological polar surface area (TPSA) is 21.3 Å². The van der Waals surface area contributed by atoms with Crippen molar-refractivity contribution in [2.45, 2.75) is 31.6 Å². The van der Waals surface area contributed by atoms with Gasteiger partial charge in [-0.05, 0) is 31.2 Å². The maximum atomic E-state index is 5.26. The van der Waals surface area contributed by atoms with Gasteiger partial charge in [-0.3, -0.25) is 0 Å². The molecule has 0 saturated heterocycles. The van der Waals surface area contributed by atoms with Crippen LogP contribution < -0.4 is 10.1 Å². The molecule has 0 bridgehead atoms. The lowest BCUT2D eigenvalue weighted by molar-refractivity contribution is 0.413. The van der Waals surface area contributed by atoms with Crippen LogP contribution >= 0.6 is 11.8 Å². The van der Waals surface area contributed by atoms with Crippen molar-refractivity contribution in [1.82, 2.24) is 5.32 Å². The highest BCUT2D eigenvalue weighted by atomic mass is 32.2. The number of nitrogens with one attached hydrogen (secondary N) is 1. The molecule has 0 fully saturated rings. The molecule has 2 atom stereocenters. The lowest BCUT2D eigenvalue weighted by Crippen LogP contribution is -2.19. The third kappa shape index (κ3) is 4.60. The van der Waals surface area contributed by atoms with E-state index >= 15 is 0 Å². The number of hydrogen-bond donors (Lipinski definition) is 1. The Morgan fingerprint density at radius 2 is 2.18 bits per heavy atom. The largest absolute Gasteiger partial charge is 0.497 e. The summed E-state index contributed by atoms with van der Waals surface area (Å²) in [6.07, 6.45) is 1.22. The van der Waals surface area contributed by atoms with Gasteiger partial charge in [0.1, 0.15) is 5.75 Å². The van der Waals surface area contributed by atoms with Crippen LogP contribution in [-0.2, 0) is 0 Å². The lowest BCUT2D eigenvalue weighted by atomic mass is 10.1. The first-order valence-corrected chi connectivity index (χ1v) is 7.19. The summed E-state index contributed by atoms with van der Waals surface area (Å²) < 4.78 is 5.26. The summed E-state index contributed by atoms with van der Waals surface area (Å²) in [5, 5.41) is 4.09. The van der Waals surface area contributed by atoms with Crippen LogP contribution in [-0.4, -0.2) is 25.2 Å². The SMILES string of the molecule is CCC(C)SCC(NC)c1cccc(OC)c1. The smallest absolute Gasteiger partial charge is 0.119 e. The predicted molar refractivity (Wildman–Crippen MR) is 77.0 cm³/mol. The van der Waals surface area contributed by atoms with Crippen LogP contribution in [0.25, 0.3) is 0 Å². The first-order valence-electron chi connectivity index (χ1n) is 6.14. The monoisotopic (exact) mass is 253 g/mol. The first-order chi connectivity index (χ1) is 8.21. The highest BCUT2D eigenvalue weighted by molar-refractivity contribution is 7.99. The van der Waals surface area contributed by atoms with E-state index in [-0.39, 0.29) is 0 Å². The molecule has 0 aliphatic carbocycles. The van der Waals surface area contributed by atoms with Crippen LogP contribution in [0.4, 0.5) is 0 Å². The molecule has 3 heteroatoms. The van der Waals surface area contributed by atoms with E-state index in [4.69, 9.17) is 4.74 Å². The Balaban J connectivity index is 2.65. The molecule has 0 amide bonds. The zero-order chi connectivity index (χ0) is 12.7. The van der Waals surface area contributed by atoms with Gasteiger partial charge in [0.05, 0.1) is 7.11 Å². The minimum Gasteiger partial charge on any atom is -0.497 e. The molecule has 2 nitrogen and oxygen atoms in total. The number of hydrogen-bond acceptors (Lipinski definition) is 3. The summed E-state index contributed by atoms with van der Waals surface area (Å²) in [7, 11) is 3.72. The molecule has 17 heavy (non-hydrogen) atoms. The van der Waals surface area contributed by atoms with Crippen molar-refractivity contribution < 1.29 is 4.74 Å². The van der Waals surface area contributed by atoms with Gasteiger partial charge in [-0.25, -0.2) is 0 Å². The molecule has 0 aromatic heterocycles. The second kappa shape index (κ2) is 7.62. The fraction of sp³-hybridized carbons (Fsp3) is 0.571. The number of thioether (sulfide) groups is 1. The normalized spacial score (nSPS) is 14.4. The van der Waals surface area contributed by atoms with E-state index in [1.807, 2.05) is 30.9 Å². The molecule has 1 rings (SSSR count). The fourth-order valence-electron chi connectivity index (χ4n) is 1.58. The van der Waals surface area contributed by atoms with Crippen LogP contribution in [0.1, 0.15) is 31.9 Å². The molecule has 1 aromatic rings. The molecule has 96 valence electrons. The van der Waals surface area contributed by atoms with E-state index in [2.05, 4.69) is 31.3 Å². The Labute approximate surface area is 109 Å². The minimum atomic E-state index is 0.393. The average molecular weight is 253 g/mol. The average Bonchev–Trinajstić information content (AvgIpc) is 2.39. The molecular weight excluding hydrogens is 230 g/mol. The van der Waals surface area contributed by atoms with E-state index in [0.717, 1.165) is 16.8 Å². The first kappa shape index (κ1) is 14.4. The van der Waals surface area contributed by atoms with Crippen LogP contribution in [0.15, 0.2) is 24.3 Å². The fourth-order valence-corrected chi connectivity index (χ4v) is 2.70. The van der Waals surface area contributed by atoms with Crippen LogP contribution in [0.2, 0.25) is 0 Å². The molecule has 1 aromatic carbocycles. The van der Waals surface area contributed by atoms with Crippen LogP contribution in [0.5, 0.6) is 5.75 Å². The van der Waals surface area contributed by atoms with Gasteiger partial charge in [-0.15, -0.1) is 0 Å². The summed E-state index contributed by atoms with van der Waals surface area (Å²) in [5.74, 6) is 2.02. The summed E-state index contributed by atoms with van der Waals surface area (Å²) in [6.45, 7) is 4.51. The maximum Gasteiger partial charge on any atom is 0.119 e. The number of methoxy groups -OCH3 is 1. The van der Waals surface area contributed by atoms with Gasteiger partial charge in [0.25, 0.3) is 0 Å². The third-order valence-electron chi connectivity index (χ3n) is 2.97. The summed E-state index contributed by atoms with van der Waals surface area (Å²) in [6, 6.07) is 8.69. The van der Waals surface area contributed by atoms with Gasteiger partial charge in [0, 0.05) is 17.0 Å².